The summed E-state index contributed by atoms with van der Waals surface area (Å²) in [6, 6.07) is 15.1. The lowest BCUT2D eigenvalue weighted by molar-refractivity contribution is -0.124. The molecule has 0 spiro atoms. The Hall–Kier alpha value is -3.41. The predicted octanol–water partition coefficient (Wildman–Crippen LogP) is 3.84. The first-order valence-electron chi connectivity index (χ1n) is 10.5. The molecular formula is C25H26N2O4. The Morgan fingerprint density at radius 1 is 1.13 bits per heavy atom. The van der Waals surface area contributed by atoms with E-state index in [-0.39, 0.29) is 12.5 Å². The number of rotatable bonds is 6. The van der Waals surface area contributed by atoms with Crippen LogP contribution in [0.3, 0.4) is 0 Å². The molecule has 0 radical (unpaired) electrons. The molecule has 1 atom stereocenters. The van der Waals surface area contributed by atoms with Gasteiger partial charge in [-0.15, -0.1) is 0 Å². The molecule has 0 unspecified atom stereocenters. The van der Waals surface area contributed by atoms with Crippen LogP contribution in [-0.4, -0.2) is 30.6 Å². The number of esters is 1. The molecule has 2 aromatic carbocycles. The summed E-state index contributed by atoms with van der Waals surface area (Å²) in [6.07, 6.45) is 2.69. The average molecular weight is 418 g/mol. The summed E-state index contributed by atoms with van der Waals surface area (Å²) in [5, 5.41) is 3.55. The fourth-order valence-electron chi connectivity index (χ4n) is 4.09. The van der Waals surface area contributed by atoms with E-state index in [1.807, 2.05) is 48.5 Å². The van der Waals surface area contributed by atoms with Crippen LogP contribution in [0.4, 0.5) is 0 Å². The average Bonchev–Trinajstić information content (AvgIpc) is 2.79. The first-order chi connectivity index (χ1) is 15.1. The molecule has 0 saturated carbocycles. The quantitative estimate of drug-likeness (QED) is 0.616. The number of carbonyl (C=O) groups excluding carboxylic acids is 2. The summed E-state index contributed by atoms with van der Waals surface area (Å²) in [5.41, 5.74) is 4.10. The van der Waals surface area contributed by atoms with Crippen LogP contribution in [0.5, 0.6) is 5.75 Å². The van der Waals surface area contributed by atoms with Crippen LogP contribution in [0, 0.1) is 5.92 Å². The van der Waals surface area contributed by atoms with E-state index in [1.165, 1.54) is 0 Å². The van der Waals surface area contributed by atoms with Gasteiger partial charge in [0.05, 0.1) is 18.2 Å². The van der Waals surface area contributed by atoms with Crippen molar-refractivity contribution in [1.82, 2.24) is 10.3 Å². The zero-order chi connectivity index (χ0) is 21.8. The number of para-hydroxylation sites is 2. The monoisotopic (exact) mass is 418 g/mol. The molecule has 1 amide bonds. The molecular weight excluding hydrogens is 392 g/mol. The Labute approximate surface area is 181 Å². The molecule has 1 aliphatic carbocycles. The summed E-state index contributed by atoms with van der Waals surface area (Å²) >= 11 is 0. The van der Waals surface area contributed by atoms with E-state index in [1.54, 1.807) is 7.11 Å². The first kappa shape index (κ1) is 20.8. The van der Waals surface area contributed by atoms with E-state index in [2.05, 4.69) is 12.2 Å². The maximum absolute atomic E-state index is 13.1. The summed E-state index contributed by atoms with van der Waals surface area (Å²) in [5.74, 6) is 0.339. The number of amides is 1. The number of hydrogen-bond donors (Lipinski definition) is 1. The maximum atomic E-state index is 13.1. The smallest absolute Gasteiger partial charge is 0.339 e. The Morgan fingerprint density at radius 3 is 2.74 bits per heavy atom. The number of nitrogens with zero attached hydrogens (tertiary/aromatic N) is 1. The number of nitrogens with one attached hydrogen (secondary N) is 1. The van der Waals surface area contributed by atoms with E-state index in [0.29, 0.717) is 23.8 Å². The van der Waals surface area contributed by atoms with Gasteiger partial charge in [-0.3, -0.25) is 9.78 Å². The molecule has 6 nitrogen and oxygen atoms in total. The van der Waals surface area contributed by atoms with E-state index in [9.17, 15) is 9.59 Å². The molecule has 1 N–H and O–H groups in total. The van der Waals surface area contributed by atoms with Crippen molar-refractivity contribution in [2.45, 2.75) is 32.7 Å². The lowest BCUT2D eigenvalue weighted by Crippen LogP contribution is -2.29. The zero-order valence-corrected chi connectivity index (χ0v) is 17.8. The second-order valence-corrected chi connectivity index (χ2v) is 7.94. The minimum Gasteiger partial charge on any atom is -0.496 e. The summed E-state index contributed by atoms with van der Waals surface area (Å²) in [4.78, 5) is 30.1. The van der Waals surface area contributed by atoms with Crippen molar-refractivity contribution in [2.24, 2.45) is 5.92 Å². The molecule has 3 aromatic rings. The van der Waals surface area contributed by atoms with Gasteiger partial charge in [0, 0.05) is 23.2 Å². The van der Waals surface area contributed by atoms with Crippen LogP contribution >= 0.6 is 0 Å². The number of pyridine rings is 1. The van der Waals surface area contributed by atoms with E-state index < -0.39 is 5.97 Å². The highest BCUT2D eigenvalue weighted by Crippen LogP contribution is 2.32. The van der Waals surface area contributed by atoms with Gasteiger partial charge in [0.2, 0.25) is 0 Å². The summed E-state index contributed by atoms with van der Waals surface area (Å²) < 4.78 is 10.7. The molecule has 31 heavy (non-hydrogen) atoms. The van der Waals surface area contributed by atoms with Crippen molar-refractivity contribution in [3.63, 3.8) is 0 Å². The molecule has 0 bridgehead atoms. The molecule has 0 aliphatic heterocycles. The Kier molecular flexibility index (Phi) is 6.16. The van der Waals surface area contributed by atoms with Gasteiger partial charge in [0.15, 0.2) is 6.61 Å². The van der Waals surface area contributed by atoms with Gasteiger partial charge < -0.3 is 14.8 Å². The van der Waals surface area contributed by atoms with Gasteiger partial charge in [-0.1, -0.05) is 43.3 Å². The van der Waals surface area contributed by atoms with Gasteiger partial charge >= 0.3 is 5.97 Å². The summed E-state index contributed by atoms with van der Waals surface area (Å²) in [6.45, 7) is 2.14. The van der Waals surface area contributed by atoms with Crippen LogP contribution in [-0.2, 0) is 28.9 Å². The third-order valence-electron chi connectivity index (χ3n) is 5.71. The number of aromatic nitrogens is 1. The van der Waals surface area contributed by atoms with E-state index in [0.717, 1.165) is 47.0 Å². The Bertz CT molecular complexity index is 1130. The SMILES string of the molecule is COc1ccccc1CNC(=O)COC(=O)c1c2c(nc3ccccc13)CC[C@@H](C)C2. The third kappa shape index (κ3) is 4.53. The third-order valence-corrected chi connectivity index (χ3v) is 5.71. The lowest BCUT2D eigenvalue weighted by Gasteiger charge is -2.24. The fourth-order valence-corrected chi connectivity index (χ4v) is 4.09. The normalized spacial score (nSPS) is 15.2. The van der Waals surface area contributed by atoms with Crippen LogP contribution in [0.25, 0.3) is 10.9 Å². The van der Waals surface area contributed by atoms with Gasteiger partial charge in [-0.25, -0.2) is 4.79 Å². The molecule has 0 fully saturated rings. The molecule has 4 rings (SSSR count). The van der Waals surface area contributed by atoms with Gasteiger partial charge in [0.25, 0.3) is 5.91 Å². The van der Waals surface area contributed by atoms with Crippen molar-refractivity contribution in [2.75, 3.05) is 13.7 Å². The number of aryl methyl sites for hydroxylation is 1. The van der Waals surface area contributed by atoms with E-state index in [4.69, 9.17) is 14.5 Å². The highest BCUT2D eigenvalue weighted by molar-refractivity contribution is 6.05. The predicted molar refractivity (Wildman–Crippen MR) is 118 cm³/mol. The van der Waals surface area contributed by atoms with Crippen molar-refractivity contribution < 1.29 is 19.1 Å². The molecule has 6 heteroatoms. The van der Waals surface area contributed by atoms with Crippen molar-refractivity contribution in [3.8, 4) is 5.75 Å². The highest BCUT2D eigenvalue weighted by atomic mass is 16.5. The number of fused-ring (bicyclic) bond motifs is 2. The maximum Gasteiger partial charge on any atom is 0.339 e. The number of benzene rings is 2. The molecule has 160 valence electrons. The second-order valence-electron chi connectivity index (χ2n) is 7.94. The lowest BCUT2D eigenvalue weighted by atomic mass is 9.84. The largest absolute Gasteiger partial charge is 0.496 e. The Morgan fingerprint density at radius 2 is 1.90 bits per heavy atom. The highest BCUT2D eigenvalue weighted by Gasteiger charge is 2.26. The molecule has 1 aliphatic rings. The Balaban J connectivity index is 1.48. The zero-order valence-electron chi connectivity index (χ0n) is 17.8. The van der Waals surface area contributed by atoms with Crippen molar-refractivity contribution in [1.29, 1.82) is 0 Å². The van der Waals surface area contributed by atoms with Gasteiger partial charge in [-0.05, 0) is 42.9 Å². The second kappa shape index (κ2) is 9.16. The minimum absolute atomic E-state index is 0.297. The van der Waals surface area contributed by atoms with Crippen LogP contribution in [0.15, 0.2) is 48.5 Å². The number of ether oxygens (including phenoxy) is 2. The van der Waals surface area contributed by atoms with Crippen LogP contribution < -0.4 is 10.1 Å². The topological polar surface area (TPSA) is 77.5 Å². The molecule has 1 aromatic heterocycles. The van der Waals surface area contributed by atoms with Crippen LogP contribution in [0.1, 0.15) is 40.5 Å². The van der Waals surface area contributed by atoms with E-state index >= 15 is 0 Å². The molecule has 1 heterocycles. The van der Waals surface area contributed by atoms with Gasteiger partial charge in [-0.2, -0.15) is 0 Å². The van der Waals surface area contributed by atoms with Gasteiger partial charge in [0.1, 0.15) is 5.75 Å². The molecule has 0 saturated heterocycles. The fraction of sp³-hybridized carbons (Fsp3) is 0.320. The summed E-state index contributed by atoms with van der Waals surface area (Å²) in [7, 11) is 1.59. The minimum atomic E-state index is -0.476. The van der Waals surface area contributed by atoms with Crippen molar-refractivity contribution in [3.05, 3.63) is 70.9 Å². The van der Waals surface area contributed by atoms with Crippen LogP contribution in [0.2, 0.25) is 0 Å². The standard InChI is InChI=1S/C25H26N2O4/c1-16-11-12-21-19(13-16)24(18-8-4-5-9-20(18)27-21)25(29)31-15-23(28)26-14-17-7-3-6-10-22(17)30-2/h3-10,16H,11-15H2,1-2H3,(H,26,28)/t16-/m1/s1. The van der Waals surface area contributed by atoms with Crippen molar-refractivity contribution >= 4 is 22.8 Å². The number of hydrogen-bond acceptors (Lipinski definition) is 5. The number of methoxy groups -OCH3 is 1. The first-order valence-corrected chi connectivity index (χ1v) is 10.5. The number of carbonyl (C=O) groups is 2.